The minimum absolute atomic E-state index is 0.308. The van der Waals surface area contributed by atoms with Gasteiger partial charge in [-0.3, -0.25) is 5.10 Å². The first-order valence-electron chi connectivity index (χ1n) is 6.25. The van der Waals surface area contributed by atoms with Crippen LogP contribution in [0, 0.1) is 6.92 Å². The normalized spacial score (nSPS) is 12.6. The summed E-state index contributed by atoms with van der Waals surface area (Å²) >= 11 is 0. The third-order valence-corrected chi connectivity index (χ3v) is 5.69. The zero-order valence-electron chi connectivity index (χ0n) is 12.1. The predicted molar refractivity (Wildman–Crippen MR) is 81.0 cm³/mol. The number of H-pyrrole nitrogens is 1. The molecule has 0 aliphatic rings. The van der Waals surface area contributed by atoms with Gasteiger partial charge < -0.3 is 5.73 Å². The van der Waals surface area contributed by atoms with Crippen LogP contribution >= 0.6 is 0 Å². The van der Waals surface area contributed by atoms with E-state index in [1.165, 1.54) is 6.26 Å². The Labute approximate surface area is 119 Å². The van der Waals surface area contributed by atoms with Crippen LogP contribution in [0.4, 0.5) is 5.82 Å². The zero-order chi connectivity index (χ0) is 15.1. The first-order valence-corrected chi connectivity index (χ1v) is 8.14. The summed E-state index contributed by atoms with van der Waals surface area (Å²) in [5.74, 6) is 0.308. The molecule has 0 saturated heterocycles. The third kappa shape index (κ3) is 2.31. The fourth-order valence-electron chi connectivity index (χ4n) is 2.07. The van der Waals surface area contributed by atoms with E-state index >= 15 is 0 Å². The van der Waals surface area contributed by atoms with E-state index in [1.807, 2.05) is 31.2 Å². The third-order valence-electron chi connectivity index (χ3n) is 3.63. The lowest BCUT2D eigenvalue weighted by atomic mass is 9.97. The molecule has 1 aromatic heterocycles. The summed E-state index contributed by atoms with van der Waals surface area (Å²) in [6, 6.07) is 7.74. The molecule has 6 heteroatoms. The van der Waals surface area contributed by atoms with Gasteiger partial charge in [-0.1, -0.05) is 29.8 Å². The van der Waals surface area contributed by atoms with Crippen LogP contribution in [-0.4, -0.2) is 24.9 Å². The van der Waals surface area contributed by atoms with Crippen LogP contribution in [0.1, 0.15) is 25.1 Å². The summed E-state index contributed by atoms with van der Waals surface area (Å²) in [5.41, 5.74) is 9.04. The first-order chi connectivity index (χ1) is 9.14. The lowest BCUT2D eigenvalue weighted by Gasteiger charge is -2.22. The number of nitrogens with two attached hydrogens (primary N) is 1. The molecule has 0 atom stereocenters. The molecular formula is C14H19N3O2S. The van der Waals surface area contributed by atoms with Crippen molar-refractivity contribution in [3.05, 3.63) is 35.5 Å². The standard InChI is InChI=1S/C14H19N3O2S/c1-9-6-5-7-10(8-9)11-12(16-17-13(11)15)14(2,3)20(4,18)19/h5-8H,1-4H3,(H3,15,16,17). The van der Waals surface area contributed by atoms with E-state index in [1.54, 1.807) is 13.8 Å². The molecule has 0 spiro atoms. The van der Waals surface area contributed by atoms with E-state index in [9.17, 15) is 8.42 Å². The smallest absolute Gasteiger partial charge is 0.158 e. The Kier molecular flexibility index (Phi) is 3.37. The first kappa shape index (κ1) is 14.6. The van der Waals surface area contributed by atoms with E-state index in [4.69, 9.17) is 5.73 Å². The Morgan fingerprint density at radius 2 is 1.95 bits per heavy atom. The molecule has 20 heavy (non-hydrogen) atoms. The largest absolute Gasteiger partial charge is 0.382 e. The topological polar surface area (TPSA) is 88.8 Å². The van der Waals surface area contributed by atoms with Gasteiger partial charge in [0.05, 0.1) is 5.69 Å². The Hall–Kier alpha value is -1.82. The maximum Gasteiger partial charge on any atom is 0.158 e. The number of rotatable bonds is 3. The molecule has 3 N–H and O–H groups in total. The molecule has 0 aliphatic heterocycles. The van der Waals surface area contributed by atoms with Gasteiger partial charge in [0.25, 0.3) is 0 Å². The molecule has 0 amide bonds. The van der Waals surface area contributed by atoms with Crippen LogP contribution in [0.5, 0.6) is 0 Å². The van der Waals surface area contributed by atoms with E-state index in [0.717, 1.165) is 11.1 Å². The molecular weight excluding hydrogens is 274 g/mol. The Balaban J connectivity index is 2.71. The highest BCUT2D eigenvalue weighted by Crippen LogP contribution is 2.38. The van der Waals surface area contributed by atoms with Crippen LogP contribution in [0.3, 0.4) is 0 Å². The van der Waals surface area contributed by atoms with Gasteiger partial charge in [-0.05, 0) is 26.3 Å². The number of aromatic nitrogens is 2. The molecule has 108 valence electrons. The molecule has 2 aromatic rings. The molecule has 0 aliphatic carbocycles. The summed E-state index contributed by atoms with van der Waals surface area (Å²) in [4.78, 5) is 0. The highest BCUT2D eigenvalue weighted by atomic mass is 32.2. The average Bonchev–Trinajstić information content (AvgIpc) is 2.70. The van der Waals surface area contributed by atoms with Crippen LogP contribution < -0.4 is 5.73 Å². The van der Waals surface area contributed by atoms with E-state index in [-0.39, 0.29) is 0 Å². The Morgan fingerprint density at radius 3 is 2.50 bits per heavy atom. The summed E-state index contributed by atoms with van der Waals surface area (Å²) in [7, 11) is -3.31. The SMILES string of the molecule is Cc1cccc(-c2c(N)n[nH]c2C(C)(C)S(C)(=O)=O)c1. The van der Waals surface area contributed by atoms with Crippen LogP contribution in [0.25, 0.3) is 11.1 Å². The van der Waals surface area contributed by atoms with Crippen molar-refractivity contribution in [3.63, 3.8) is 0 Å². The van der Waals surface area contributed by atoms with Crippen molar-refractivity contribution in [1.82, 2.24) is 10.2 Å². The van der Waals surface area contributed by atoms with Gasteiger partial charge in [0.1, 0.15) is 4.75 Å². The molecule has 0 fully saturated rings. The zero-order valence-corrected chi connectivity index (χ0v) is 12.9. The Morgan fingerprint density at radius 1 is 1.30 bits per heavy atom. The van der Waals surface area contributed by atoms with Gasteiger partial charge in [-0.25, -0.2) is 8.42 Å². The van der Waals surface area contributed by atoms with E-state index < -0.39 is 14.6 Å². The number of benzene rings is 1. The van der Waals surface area contributed by atoms with Crippen molar-refractivity contribution in [2.75, 3.05) is 12.0 Å². The molecule has 0 bridgehead atoms. The van der Waals surface area contributed by atoms with E-state index in [2.05, 4.69) is 10.2 Å². The predicted octanol–water partition coefficient (Wildman–Crippen LogP) is 2.25. The number of sulfone groups is 1. The quantitative estimate of drug-likeness (QED) is 0.908. The summed E-state index contributed by atoms with van der Waals surface area (Å²) in [6.45, 7) is 5.27. The van der Waals surface area contributed by atoms with Gasteiger partial charge in [-0.2, -0.15) is 5.10 Å². The second-order valence-corrected chi connectivity index (χ2v) is 8.08. The summed E-state index contributed by atoms with van der Waals surface area (Å²) < 4.78 is 23.0. The van der Waals surface area contributed by atoms with Gasteiger partial charge in [-0.15, -0.1) is 0 Å². The average molecular weight is 293 g/mol. The number of aromatic amines is 1. The number of nitrogen functional groups attached to an aromatic ring is 1. The second kappa shape index (κ2) is 4.63. The van der Waals surface area contributed by atoms with Crippen LogP contribution in [0.2, 0.25) is 0 Å². The number of nitrogens with zero attached hydrogens (tertiary/aromatic N) is 1. The summed E-state index contributed by atoms with van der Waals surface area (Å²) in [6.07, 6.45) is 1.21. The molecule has 0 radical (unpaired) electrons. The highest BCUT2D eigenvalue weighted by Gasteiger charge is 2.37. The van der Waals surface area contributed by atoms with Crippen LogP contribution in [0.15, 0.2) is 24.3 Å². The number of hydrogen-bond acceptors (Lipinski definition) is 4. The number of aryl methyl sites for hydroxylation is 1. The Bertz CT molecular complexity index is 746. The molecule has 1 aromatic carbocycles. The van der Waals surface area contributed by atoms with Crippen LogP contribution in [-0.2, 0) is 14.6 Å². The van der Waals surface area contributed by atoms with Gasteiger partial charge in [0, 0.05) is 11.8 Å². The minimum Gasteiger partial charge on any atom is -0.382 e. The van der Waals surface area contributed by atoms with Gasteiger partial charge in [0.2, 0.25) is 0 Å². The van der Waals surface area contributed by atoms with Crippen molar-refractivity contribution in [2.45, 2.75) is 25.5 Å². The van der Waals surface area contributed by atoms with Gasteiger partial charge in [0.15, 0.2) is 15.7 Å². The number of nitrogens with one attached hydrogen (secondary N) is 1. The van der Waals surface area contributed by atoms with Crippen molar-refractivity contribution >= 4 is 15.7 Å². The number of hydrogen-bond donors (Lipinski definition) is 2. The minimum atomic E-state index is -3.31. The van der Waals surface area contributed by atoms with Crippen molar-refractivity contribution in [2.24, 2.45) is 0 Å². The highest BCUT2D eigenvalue weighted by molar-refractivity contribution is 7.91. The van der Waals surface area contributed by atoms with Crippen molar-refractivity contribution < 1.29 is 8.42 Å². The lowest BCUT2D eigenvalue weighted by molar-refractivity contribution is 0.556. The van der Waals surface area contributed by atoms with Crippen molar-refractivity contribution in [3.8, 4) is 11.1 Å². The molecule has 5 nitrogen and oxygen atoms in total. The molecule has 1 heterocycles. The van der Waals surface area contributed by atoms with E-state index in [0.29, 0.717) is 17.1 Å². The fraction of sp³-hybridized carbons (Fsp3) is 0.357. The molecule has 0 unspecified atom stereocenters. The van der Waals surface area contributed by atoms with Gasteiger partial charge >= 0.3 is 0 Å². The number of anilines is 1. The molecule has 2 rings (SSSR count). The second-order valence-electron chi connectivity index (χ2n) is 5.51. The molecule has 0 saturated carbocycles. The summed E-state index contributed by atoms with van der Waals surface area (Å²) in [5, 5.41) is 6.78. The maximum absolute atomic E-state index is 12.0. The lowest BCUT2D eigenvalue weighted by Crippen LogP contribution is -2.29. The maximum atomic E-state index is 12.0. The monoisotopic (exact) mass is 293 g/mol. The van der Waals surface area contributed by atoms with Crippen molar-refractivity contribution in [1.29, 1.82) is 0 Å². The fourth-order valence-corrected chi connectivity index (χ4v) is 2.59.